The van der Waals surface area contributed by atoms with Crippen molar-refractivity contribution in [1.82, 2.24) is 0 Å². The lowest BCUT2D eigenvalue weighted by atomic mass is 10.0. The Morgan fingerprint density at radius 3 is 1.29 bits per heavy atom. The molecule has 0 aliphatic carbocycles. The van der Waals surface area contributed by atoms with Crippen molar-refractivity contribution in [1.29, 1.82) is 0 Å². The Balaban J connectivity index is 1.02. The average molecular weight is 537 g/mol. The predicted octanol–water partition coefficient (Wildman–Crippen LogP) is 8.15. The van der Waals surface area contributed by atoms with Crippen LogP contribution in [0.4, 0.5) is 11.4 Å². The Bertz CT molecular complexity index is 1700. The van der Waals surface area contributed by atoms with Crippen LogP contribution < -0.4 is 15.4 Å². The van der Waals surface area contributed by atoms with E-state index in [9.17, 15) is 9.59 Å². The van der Waals surface area contributed by atoms with Gasteiger partial charge in [-0.05, 0) is 81.2 Å². The monoisotopic (exact) mass is 536 g/mol. The number of carbonyl (C=O) groups is 2. The second-order valence-corrected chi connectivity index (χ2v) is 9.88. The normalized spacial score (nSPS) is 10.8. The van der Waals surface area contributed by atoms with Gasteiger partial charge in [-0.15, -0.1) is 0 Å². The highest BCUT2D eigenvalue weighted by atomic mass is 16.5. The van der Waals surface area contributed by atoms with Crippen LogP contribution in [0.3, 0.4) is 0 Å². The van der Waals surface area contributed by atoms with Crippen LogP contribution in [0.5, 0.6) is 11.5 Å². The molecule has 0 aliphatic rings. The van der Waals surface area contributed by atoms with E-state index in [0.717, 1.165) is 32.7 Å². The molecule has 2 N–H and O–H groups in total. The number of benzene rings is 6. The SMILES string of the molecule is O=C(Cc1cccc2ccccc12)Nc1ccc(Oc2ccc(NC(=O)Cc3cccc4ccccc34)cc2)cc1. The summed E-state index contributed by atoms with van der Waals surface area (Å²) in [6.45, 7) is 0. The maximum Gasteiger partial charge on any atom is 0.228 e. The fourth-order valence-corrected chi connectivity index (χ4v) is 5.00. The van der Waals surface area contributed by atoms with Gasteiger partial charge in [0.25, 0.3) is 0 Å². The molecule has 0 unspecified atom stereocenters. The number of rotatable bonds is 8. The van der Waals surface area contributed by atoms with Gasteiger partial charge in [-0.1, -0.05) is 84.9 Å². The van der Waals surface area contributed by atoms with Gasteiger partial charge in [-0.25, -0.2) is 0 Å². The Labute approximate surface area is 238 Å². The van der Waals surface area contributed by atoms with E-state index in [4.69, 9.17) is 4.74 Å². The fraction of sp³-hybridized carbons (Fsp3) is 0.0556. The van der Waals surface area contributed by atoms with Crippen molar-refractivity contribution < 1.29 is 14.3 Å². The molecule has 0 fully saturated rings. The van der Waals surface area contributed by atoms with Gasteiger partial charge in [0.1, 0.15) is 11.5 Å². The minimum atomic E-state index is -0.0758. The zero-order chi connectivity index (χ0) is 28.0. The smallest absolute Gasteiger partial charge is 0.228 e. The molecule has 0 atom stereocenters. The summed E-state index contributed by atoms with van der Waals surface area (Å²) in [6, 6.07) is 42.7. The largest absolute Gasteiger partial charge is 0.457 e. The van der Waals surface area contributed by atoms with Crippen molar-refractivity contribution in [2.24, 2.45) is 0 Å². The van der Waals surface area contributed by atoms with E-state index < -0.39 is 0 Å². The topological polar surface area (TPSA) is 67.4 Å². The first-order valence-corrected chi connectivity index (χ1v) is 13.5. The van der Waals surface area contributed by atoms with Gasteiger partial charge in [0.05, 0.1) is 12.8 Å². The van der Waals surface area contributed by atoms with Crippen LogP contribution >= 0.6 is 0 Å². The minimum absolute atomic E-state index is 0.0758. The second kappa shape index (κ2) is 11.8. The van der Waals surface area contributed by atoms with Gasteiger partial charge >= 0.3 is 0 Å². The Morgan fingerprint density at radius 2 is 0.854 bits per heavy atom. The molecule has 41 heavy (non-hydrogen) atoms. The lowest BCUT2D eigenvalue weighted by Crippen LogP contribution is -2.14. The summed E-state index contributed by atoms with van der Waals surface area (Å²) in [5.41, 5.74) is 3.39. The molecule has 6 rings (SSSR count). The fourth-order valence-electron chi connectivity index (χ4n) is 5.00. The molecule has 0 heterocycles. The maximum absolute atomic E-state index is 12.7. The Hall–Kier alpha value is -5.42. The number of amides is 2. The van der Waals surface area contributed by atoms with E-state index in [-0.39, 0.29) is 11.8 Å². The van der Waals surface area contributed by atoms with Crippen molar-refractivity contribution in [2.75, 3.05) is 10.6 Å². The number of ether oxygens (including phenoxy) is 1. The van der Waals surface area contributed by atoms with Crippen molar-refractivity contribution in [3.8, 4) is 11.5 Å². The second-order valence-electron chi connectivity index (χ2n) is 9.88. The maximum atomic E-state index is 12.7. The van der Waals surface area contributed by atoms with Crippen LogP contribution in [0.2, 0.25) is 0 Å². The van der Waals surface area contributed by atoms with E-state index in [0.29, 0.717) is 35.7 Å². The van der Waals surface area contributed by atoms with Crippen molar-refractivity contribution in [3.63, 3.8) is 0 Å². The van der Waals surface area contributed by atoms with Crippen molar-refractivity contribution >= 4 is 44.7 Å². The first-order chi connectivity index (χ1) is 20.1. The molecular weight excluding hydrogens is 508 g/mol. The lowest BCUT2D eigenvalue weighted by molar-refractivity contribution is -0.116. The summed E-state index contributed by atoms with van der Waals surface area (Å²) in [5, 5.41) is 10.3. The van der Waals surface area contributed by atoms with Gasteiger partial charge in [-0.3, -0.25) is 9.59 Å². The molecule has 0 radical (unpaired) electrons. The number of fused-ring (bicyclic) bond motifs is 2. The number of hydrogen-bond donors (Lipinski definition) is 2. The highest BCUT2D eigenvalue weighted by Gasteiger charge is 2.09. The summed E-state index contributed by atoms with van der Waals surface area (Å²) >= 11 is 0. The molecular formula is C36H28N2O3. The van der Waals surface area contributed by atoms with Crippen molar-refractivity contribution in [2.45, 2.75) is 12.8 Å². The molecule has 0 saturated heterocycles. The third-order valence-corrected chi connectivity index (χ3v) is 6.97. The van der Waals surface area contributed by atoms with E-state index in [1.807, 2.05) is 133 Å². The summed E-state index contributed by atoms with van der Waals surface area (Å²) in [5.74, 6) is 1.14. The molecule has 200 valence electrons. The molecule has 0 bridgehead atoms. The Kier molecular flexibility index (Phi) is 7.41. The summed E-state index contributed by atoms with van der Waals surface area (Å²) in [7, 11) is 0. The zero-order valence-electron chi connectivity index (χ0n) is 22.3. The Morgan fingerprint density at radius 1 is 0.463 bits per heavy atom. The summed E-state index contributed by atoms with van der Waals surface area (Å²) in [4.78, 5) is 25.4. The number of carbonyl (C=O) groups excluding carboxylic acids is 2. The molecule has 0 aromatic heterocycles. The third-order valence-electron chi connectivity index (χ3n) is 6.97. The van der Waals surface area contributed by atoms with Gasteiger partial charge in [0.15, 0.2) is 0 Å². The van der Waals surface area contributed by atoms with E-state index in [1.165, 1.54) is 0 Å². The van der Waals surface area contributed by atoms with Crippen LogP contribution in [0.25, 0.3) is 21.5 Å². The number of nitrogens with one attached hydrogen (secondary N) is 2. The molecule has 2 amide bonds. The average Bonchev–Trinajstić information content (AvgIpc) is 2.99. The molecule has 5 heteroatoms. The van der Waals surface area contributed by atoms with Gasteiger partial charge in [0, 0.05) is 11.4 Å². The van der Waals surface area contributed by atoms with Crippen LogP contribution in [0.15, 0.2) is 133 Å². The van der Waals surface area contributed by atoms with Gasteiger partial charge < -0.3 is 15.4 Å². The third kappa shape index (κ3) is 6.26. The van der Waals surface area contributed by atoms with E-state index >= 15 is 0 Å². The molecule has 5 nitrogen and oxygen atoms in total. The summed E-state index contributed by atoms with van der Waals surface area (Å²) < 4.78 is 5.96. The lowest BCUT2D eigenvalue weighted by Gasteiger charge is -2.11. The molecule has 0 spiro atoms. The van der Waals surface area contributed by atoms with Gasteiger partial charge in [0.2, 0.25) is 11.8 Å². The quantitative estimate of drug-likeness (QED) is 0.206. The summed E-state index contributed by atoms with van der Waals surface area (Å²) in [6.07, 6.45) is 0.592. The van der Waals surface area contributed by atoms with Crippen molar-refractivity contribution in [3.05, 3.63) is 145 Å². The predicted molar refractivity (Wildman–Crippen MR) is 166 cm³/mol. The molecule has 6 aromatic carbocycles. The molecule has 6 aromatic rings. The van der Waals surface area contributed by atoms with Gasteiger partial charge in [-0.2, -0.15) is 0 Å². The first kappa shape index (κ1) is 25.8. The highest BCUT2D eigenvalue weighted by molar-refractivity contribution is 5.97. The zero-order valence-corrected chi connectivity index (χ0v) is 22.3. The minimum Gasteiger partial charge on any atom is -0.457 e. The number of anilines is 2. The van der Waals surface area contributed by atoms with Crippen LogP contribution in [-0.4, -0.2) is 11.8 Å². The van der Waals surface area contributed by atoms with E-state index in [2.05, 4.69) is 10.6 Å². The highest BCUT2D eigenvalue weighted by Crippen LogP contribution is 2.26. The standard InChI is InChI=1S/C36H28N2O3/c39-35(23-27-11-5-9-25-7-1-3-13-33(25)27)37-29-15-19-31(20-16-29)41-32-21-17-30(18-22-32)38-36(40)24-28-12-6-10-26-8-2-4-14-34(26)28/h1-22H,23-24H2,(H,37,39)(H,38,40). The van der Waals surface area contributed by atoms with Crippen LogP contribution in [0, 0.1) is 0 Å². The number of hydrogen-bond acceptors (Lipinski definition) is 3. The van der Waals surface area contributed by atoms with Crippen LogP contribution in [-0.2, 0) is 22.4 Å². The molecule has 0 saturated carbocycles. The first-order valence-electron chi connectivity index (χ1n) is 13.5. The molecule has 0 aliphatic heterocycles. The van der Waals surface area contributed by atoms with E-state index in [1.54, 1.807) is 0 Å². The van der Waals surface area contributed by atoms with Crippen LogP contribution in [0.1, 0.15) is 11.1 Å².